The van der Waals surface area contributed by atoms with E-state index in [1.54, 1.807) is 62.6 Å². The van der Waals surface area contributed by atoms with Gasteiger partial charge in [0.15, 0.2) is 5.11 Å². The molecule has 8 atom stereocenters. The molecule has 1 amide bonds. The maximum Gasteiger partial charge on any atom is 0.355 e. The second-order valence-electron chi connectivity index (χ2n) is 16.4. The molecule has 3 aliphatic rings. The fourth-order valence-corrected chi connectivity index (χ4v) is 8.54. The van der Waals surface area contributed by atoms with Gasteiger partial charge in [0.25, 0.3) is 5.56 Å². The Labute approximate surface area is 369 Å². The number of anilines is 1. The highest BCUT2D eigenvalue weighted by molar-refractivity contribution is 7.80. The summed E-state index contributed by atoms with van der Waals surface area (Å²) < 4.78 is 30.1. The number of esters is 2. The van der Waals surface area contributed by atoms with Gasteiger partial charge in [-0.3, -0.25) is 9.59 Å². The van der Waals surface area contributed by atoms with E-state index in [-0.39, 0.29) is 41.4 Å². The summed E-state index contributed by atoms with van der Waals surface area (Å²) in [5.74, 6) is -2.37. The van der Waals surface area contributed by atoms with E-state index in [0.29, 0.717) is 48.6 Å². The molecular formula is C45H54N6O11S. The summed E-state index contributed by atoms with van der Waals surface area (Å²) in [7, 11) is 1.39. The number of aliphatic hydroxyl groups excluding tert-OH is 2. The lowest BCUT2D eigenvalue weighted by molar-refractivity contribution is -0.272. The van der Waals surface area contributed by atoms with Gasteiger partial charge in [0.1, 0.15) is 42.8 Å². The minimum absolute atomic E-state index is 0.0471. The molecule has 0 bridgehead atoms. The lowest BCUT2D eigenvalue weighted by atomic mass is 9.85. The number of carbonyl (C=O) groups is 3. The lowest BCUT2D eigenvalue weighted by Gasteiger charge is -2.40. The second kappa shape index (κ2) is 19.1. The van der Waals surface area contributed by atoms with Gasteiger partial charge in [-0.05, 0) is 99.8 Å². The summed E-state index contributed by atoms with van der Waals surface area (Å²) in [6, 6.07) is 15.8. The van der Waals surface area contributed by atoms with Gasteiger partial charge in [0, 0.05) is 29.3 Å². The molecule has 0 radical (unpaired) electrons. The number of cyclic esters (lactones) is 1. The predicted octanol–water partition coefficient (Wildman–Crippen LogP) is 3.12. The summed E-state index contributed by atoms with van der Waals surface area (Å²) in [5.41, 5.74) is 7.11. The third kappa shape index (κ3) is 9.14. The number of methoxy groups -OCH3 is 1. The van der Waals surface area contributed by atoms with Crippen LogP contribution in [0.15, 0.2) is 65.5 Å². The Morgan fingerprint density at radius 2 is 1.81 bits per heavy atom. The van der Waals surface area contributed by atoms with E-state index >= 15 is 0 Å². The normalized spacial score (nSPS) is 23.4. The van der Waals surface area contributed by atoms with E-state index in [1.165, 1.54) is 7.11 Å². The first kappa shape index (κ1) is 45.5. The molecule has 18 heteroatoms. The van der Waals surface area contributed by atoms with Crippen molar-refractivity contribution in [1.82, 2.24) is 20.2 Å². The molecule has 3 aliphatic heterocycles. The number of nitrogens with zero attached hydrogens (tertiary/aromatic N) is 2. The monoisotopic (exact) mass is 886 g/mol. The van der Waals surface area contributed by atoms with Gasteiger partial charge in [-0.25, -0.2) is 14.6 Å². The van der Waals surface area contributed by atoms with Gasteiger partial charge in [0.2, 0.25) is 17.8 Å². The number of unbranched alkanes of at least 4 members (excludes halogenated alkanes) is 1. The lowest BCUT2D eigenvalue weighted by Crippen LogP contribution is -2.59. The highest BCUT2D eigenvalue weighted by Crippen LogP contribution is 2.41. The Bertz CT molecular complexity index is 2430. The smallest absolute Gasteiger partial charge is 0.355 e. The highest BCUT2D eigenvalue weighted by Gasteiger charge is 2.52. The number of para-hydroxylation sites is 1. The maximum absolute atomic E-state index is 14.3. The number of aromatic nitrogens is 2. The quantitative estimate of drug-likeness (QED) is 0.0504. The molecule has 17 nitrogen and oxygen atoms in total. The van der Waals surface area contributed by atoms with Crippen LogP contribution in [0.5, 0.6) is 5.75 Å². The summed E-state index contributed by atoms with van der Waals surface area (Å²) in [6.45, 7) is 7.20. The van der Waals surface area contributed by atoms with E-state index in [4.69, 9.17) is 46.6 Å². The Morgan fingerprint density at radius 1 is 1.06 bits per heavy atom. The topological polar surface area (TPSA) is 235 Å². The van der Waals surface area contributed by atoms with Crippen molar-refractivity contribution in [2.45, 2.75) is 115 Å². The molecule has 1 saturated heterocycles. The third-order valence-corrected chi connectivity index (χ3v) is 12.1. The molecule has 0 spiro atoms. The van der Waals surface area contributed by atoms with Crippen LogP contribution in [0.2, 0.25) is 0 Å². The van der Waals surface area contributed by atoms with Crippen molar-refractivity contribution in [1.29, 1.82) is 0 Å². The number of nitrogens with two attached hydrogens (primary N) is 1. The van der Waals surface area contributed by atoms with Gasteiger partial charge in [-0.2, -0.15) is 0 Å². The summed E-state index contributed by atoms with van der Waals surface area (Å²) in [4.78, 5) is 61.1. The van der Waals surface area contributed by atoms with Crippen LogP contribution in [0.25, 0.3) is 22.3 Å². The standard InChI is InChI=1S/C45H54N6O11S/c1-6-45(30-20-33-35-26(19-25-11-7-8-12-31(25)48-35)21-51(33)40(55)29(30)22-59-43(45)57)62-41(56)34(23(2)3)50-39(54)32(13-9-10-18-46)49-44(63)47-27-14-16-28(17-15-27)61-42-37(53)38(58-5)36(52)24(4)60-42/h7-8,11-12,14-17,19-20,23-24,32,34,36-38,42,52-53H,6,9-10,13,18,21-22,46H2,1-5H3,(H,50,54)(H2,47,49,63)/t24-,32-,34?,36+,37-,38+,42+,45-/m0/s1. The molecule has 4 aromatic rings. The maximum atomic E-state index is 14.3. The van der Waals surface area contributed by atoms with E-state index in [2.05, 4.69) is 16.0 Å². The van der Waals surface area contributed by atoms with Crippen LogP contribution in [-0.2, 0) is 52.1 Å². The van der Waals surface area contributed by atoms with Crippen molar-refractivity contribution in [2.24, 2.45) is 11.7 Å². The van der Waals surface area contributed by atoms with Crippen LogP contribution < -0.4 is 32.0 Å². The summed E-state index contributed by atoms with van der Waals surface area (Å²) in [6.07, 6.45) is -3.43. The molecular weight excluding hydrogens is 833 g/mol. The number of amides is 1. The molecule has 1 unspecified atom stereocenters. The number of pyridine rings is 2. The first-order valence-corrected chi connectivity index (χ1v) is 21.6. The highest BCUT2D eigenvalue weighted by atomic mass is 32.1. The predicted molar refractivity (Wildman–Crippen MR) is 235 cm³/mol. The molecule has 63 heavy (non-hydrogen) atoms. The molecule has 2 aromatic carbocycles. The molecule has 7 N–H and O–H groups in total. The van der Waals surface area contributed by atoms with Crippen LogP contribution in [0, 0.1) is 5.92 Å². The summed E-state index contributed by atoms with van der Waals surface area (Å²) in [5, 5.41) is 30.9. The van der Waals surface area contributed by atoms with Crippen molar-refractivity contribution in [3.63, 3.8) is 0 Å². The van der Waals surface area contributed by atoms with Crippen molar-refractivity contribution < 1.29 is 48.3 Å². The number of aliphatic hydroxyl groups is 2. The largest absolute Gasteiger partial charge is 0.462 e. The second-order valence-corrected chi connectivity index (χ2v) is 16.8. The Hall–Kier alpha value is -5.50. The van der Waals surface area contributed by atoms with Crippen molar-refractivity contribution in [3.8, 4) is 17.1 Å². The van der Waals surface area contributed by atoms with Gasteiger partial charge >= 0.3 is 11.9 Å². The minimum atomic E-state index is -1.97. The molecule has 336 valence electrons. The SMILES string of the molecule is CC[C@@]1(OC(=O)C(NC(=O)[C@H](CCCCN)NC(=S)Nc2ccc(O[C@H]3O[C@@H](C)[C@@H](O)[C@@H](OC)[C@@H]3O)cc2)C(C)C)C(=O)OCc2c1cc1n(c2=O)Cc2cc3ccccc3nc2-1. The molecule has 2 aromatic heterocycles. The average molecular weight is 887 g/mol. The number of nitrogens with one attached hydrogen (secondary N) is 3. The number of hydrogen-bond acceptors (Lipinski definition) is 14. The number of benzene rings is 2. The van der Waals surface area contributed by atoms with Gasteiger partial charge in [-0.1, -0.05) is 39.0 Å². The van der Waals surface area contributed by atoms with Crippen LogP contribution in [0.4, 0.5) is 5.69 Å². The molecule has 0 saturated carbocycles. The van der Waals surface area contributed by atoms with Crippen molar-refractivity contribution >= 4 is 51.8 Å². The molecule has 7 rings (SSSR count). The number of hydrogen-bond donors (Lipinski definition) is 6. The number of rotatable bonds is 15. The van der Waals surface area contributed by atoms with Crippen LogP contribution in [0.1, 0.15) is 70.1 Å². The zero-order chi connectivity index (χ0) is 45.2. The van der Waals surface area contributed by atoms with Gasteiger partial charge in [0.05, 0.1) is 35.1 Å². The van der Waals surface area contributed by atoms with E-state index in [0.717, 1.165) is 16.5 Å². The average Bonchev–Trinajstić information content (AvgIpc) is 3.62. The third-order valence-electron chi connectivity index (χ3n) is 11.9. The summed E-state index contributed by atoms with van der Waals surface area (Å²) >= 11 is 5.61. The Morgan fingerprint density at radius 3 is 2.51 bits per heavy atom. The first-order valence-electron chi connectivity index (χ1n) is 21.1. The van der Waals surface area contributed by atoms with E-state index in [1.807, 2.05) is 30.3 Å². The van der Waals surface area contributed by atoms with Gasteiger partial charge in [-0.15, -0.1) is 0 Å². The Balaban J connectivity index is 1.06. The fourth-order valence-electron chi connectivity index (χ4n) is 8.28. The van der Waals surface area contributed by atoms with Crippen molar-refractivity contribution in [3.05, 3.63) is 87.7 Å². The minimum Gasteiger partial charge on any atom is -0.462 e. The van der Waals surface area contributed by atoms with E-state index < -0.39 is 72.2 Å². The van der Waals surface area contributed by atoms with Gasteiger partial charge < -0.3 is 60.1 Å². The zero-order valence-electron chi connectivity index (χ0n) is 35.8. The number of carbonyl (C=O) groups excluding carboxylic acids is 3. The van der Waals surface area contributed by atoms with Crippen LogP contribution in [0.3, 0.4) is 0 Å². The van der Waals surface area contributed by atoms with E-state index in [9.17, 15) is 29.4 Å². The van der Waals surface area contributed by atoms with Crippen LogP contribution >= 0.6 is 12.2 Å². The fraction of sp³-hybridized carbons (Fsp3) is 0.467. The van der Waals surface area contributed by atoms with Crippen molar-refractivity contribution in [2.75, 3.05) is 19.0 Å². The molecule has 5 heterocycles. The van der Waals surface area contributed by atoms with Crippen LogP contribution in [-0.4, -0.2) is 99.2 Å². The first-order chi connectivity index (χ1) is 30.2. The number of ether oxygens (including phenoxy) is 5. The molecule has 1 fully saturated rings. The Kier molecular flexibility index (Phi) is 13.8. The number of thiocarbonyl (C=S) groups is 1. The number of fused-ring (bicyclic) bond motifs is 5. The zero-order valence-corrected chi connectivity index (χ0v) is 36.6. The molecule has 0 aliphatic carbocycles.